The van der Waals surface area contributed by atoms with Crippen LogP contribution in [0.2, 0.25) is 0 Å². The highest BCUT2D eigenvalue weighted by molar-refractivity contribution is 5.66. The molecule has 2 aliphatic rings. The number of amides is 1. The molecule has 0 aromatic carbocycles. The lowest BCUT2D eigenvalue weighted by atomic mass is 10.0. The van der Waals surface area contributed by atoms with Crippen LogP contribution in [0.15, 0.2) is 0 Å². The van der Waals surface area contributed by atoms with Crippen molar-refractivity contribution in [1.82, 2.24) is 15.1 Å². The molecule has 1 amide bonds. The quantitative estimate of drug-likeness (QED) is 0.605. The maximum absolute atomic E-state index is 10.6. The predicted molar refractivity (Wildman–Crippen MR) is 52.4 cm³/mol. The molecule has 14 heavy (non-hydrogen) atoms. The van der Waals surface area contributed by atoms with Crippen molar-refractivity contribution in [3.05, 3.63) is 0 Å². The molecule has 0 aromatic rings. The van der Waals surface area contributed by atoms with E-state index >= 15 is 0 Å². The van der Waals surface area contributed by atoms with Gasteiger partial charge >= 0.3 is 6.09 Å². The van der Waals surface area contributed by atoms with Gasteiger partial charge in [-0.05, 0) is 6.92 Å². The number of hydrogen-bond acceptors (Lipinski definition) is 3. The van der Waals surface area contributed by atoms with Crippen molar-refractivity contribution in [3.8, 4) is 0 Å². The Labute approximate surface area is 83.7 Å². The van der Waals surface area contributed by atoms with Crippen molar-refractivity contribution in [2.24, 2.45) is 0 Å². The molecule has 2 fully saturated rings. The molecular weight excluding hydrogens is 182 g/mol. The SMILES string of the molecule is C[C@H]1CNCCN1C1CN(C(=O)O)C1. The molecule has 0 spiro atoms. The average Bonchev–Trinajstić information content (AvgIpc) is 2.05. The highest BCUT2D eigenvalue weighted by atomic mass is 16.4. The Morgan fingerprint density at radius 2 is 2.21 bits per heavy atom. The molecule has 0 aromatic heterocycles. The molecule has 2 aliphatic heterocycles. The summed E-state index contributed by atoms with van der Waals surface area (Å²) in [5.74, 6) is 0. The second kappa shape index (κ2) is 3.74. The molecule has 2 saturated heterocycles. The molecule has 0 saturated carbocycles. The van der Waals surface area contributed by atoms with E-state index in [4.69, 9.17) is 5.11 Å². The van der Waals surface area contributed by atoms with Crippen molar-refractivity contribution in [2.75, 3.05) is 32.7 Å². The predicted octanol–water partition coefficient (Wildman–Crippen LogP) is -0.358. The van der Waals surface area contributed by atoms with Gasteiger partial charge in [-0.15, -0.1) is 0 Å². The van der Waals surface area contributed by atoms with Crippen molar-refractivity contribution in [3.63, 3.8) is 0 Å². The van der Waals surface area contributed by atoms with Crippen molar-refractivity contribution in [1.29, 1.82) is 0 Å². The van der Waals surface area contributed by atoms with Gasteiger partial charge in [0.2, 0.25) is 0 Å². The lowest BCUT2D eigenvalue weighted by molar-refractivity contribution is 0.00945. The Morgan fingerprint density at radius 1 is 1.50 bits per heavy atom. The fraction of sp³-hybridized carbons (Fsp3) is 0.889. The highest BCUT2D eigenvalue weighted by Gasteiger charge is 2.37. The van der Waals surface area contributed by atoms with Crippen LogP contribution in [-0.2, 0) is 0 Å². The Balaban J connectivity index is 1.83. The van der Waals surface area contributed by atoms with E-state index in [9.17, 15) is 4.79 Å². The van der Waals surface area contributed by atoms with Crippen LogP contribution in [0.5, 0.6) is 0 Å². The maximum Gasteiger partial charge on any atom is 0.407 e. The summed E-state index contributed by atoms with van der Waals surface area (Å²) in [6.07, 6.45) is -0.788. The van der Waals surface area contributed by atoms with E-state index in [0.29, 0.717) is 25.2 Å². The number of nitrogens with one attached hydrogen (secondary N) is 1. The highest BCUT2D eigenvalue weighted by Crippen LogP contribution is 2.18. The lowest BCUT2D eigenvalue weighted by Crippen LogP contribution is -2.66. The van der Waals surface area contributed by atoms with E-state index in [1.165, 1.54) is 4.90 Å². The molecule has 0 aliphatic carbocycles. The molecule has 1 atom stereocenters. The molecule has 5 heteroatoms. The summed E-state index contributed by atoms with van der Waals surface area (Å²) in [7, 11) is 0. The minimum Gasteiger partial charge on any atom is -0.465 e. The largest absolute Gasteiger partial charge is 0.465 e. The van der Waals surface area contributed by atoms with E-state index in [-0.39, 0.29) is 0 Å². The lowest BCUT2D eigenvalue weighted by Gasteiger charge is -2.48. The van der Waals surface area contributed by atoms with Gasteiger partial charge in [0.1, 0.15) is 0 Å². The first-order valence-corrected chi connectivity index (χ1v) is 5.13. The van der Waals surface area contributed by atoms with Crippen LogP contribution >= 0.6 is 0 Å². The second-order valence-corrected chi connectivity index (χ2v) is 4.13. The summed E-state index contributed by atoms with van der Waals surface area (Å²) in [6, 6.07) is 0.980. The molecule has 0 radical (unpaired) electrons. The van der Waals surface area contributed by atoms with Crippen LogP contribution in [0.1, 0.15) is 6.92 Å². The fourth-order valence-electron chi connectivity index (χ4n) is 2.22. The Hall–Kier alpha value is -0.810. The van der Waals surface area contributed by atoms with Crippen LogP contribution in [-0.4, -0.2) is 65.8 Å². The number of hydrogen-bond donors (Lipinski definition) is 2. The molecule has 80 valence electrons. The van der Waals surface area contributed by atoms with Crippen molar-refractivity contribution >= 4 is 6.09 Å². The molecule has 0 unspecified atom stereocenters. The fourth-order valence-corrected chi connectivity index (χ4v) is 2.22. The molecule has 2 N–H and O–H groups in total. The summed E-state index contributed by atoms with van der Waals surface area (Å²) >= 11 is 0. The van der Waals surface area contributed by atoms with E-state index in [2.05, 4.69) is 17.1 Å². The summed E-state index contributed by atoms with van der Waals surface area (Å²) in [5.41, 5.74) is 0. The third-order valence-electron chi connectivity index (χ3n) is 3.15. The number of carboxylic acid groups (broad SMARTS) is 1. The van der Waals surface area contributed by atoms with Gasteiger partial charge in [0.15, 0.2) is 0 Å². The number of carbonyl (C=O) groups is 1. The molecular formula is C9H17N3O2. The number of rotatable bonds is 1. The average molecular weight is 199 g/mol. The first-order valence-electron chi connectivity index (χ1n) is 5.13. The van der Waals surface area contributed by atoms with Crippen LogP contribution in [0.3, 0.4) is 0 Å². The molecule has 0 bridgehead atoms. The zero-order chi connectivity index (χ0) is 10.1. The Morgan fingerprint density at radius 3 is 2.79 bits per heavy atom. The van der Waals surface area contributed by atoms with Crippen molar-refractivity contribution in [2.45, 2.75) is 19.0 Å². The third-order valence-corrected chi connectivity index (χ3v) is 3.15. The number of piperazine rings is 1. The van der Waals surface area contributed by atoms with Crippen LogP contribution in [0, 0.1) is 0 Å². The van der Waals surface area contributed by atoms with Gasteiger partial charge in [-0.25, -0.2) is 4.79 Å². The van der Waals surface area contributed by atoms with E-state index < -0.39 is 6.09 Å². The maximum atomic E-state index is 10.6. The Bertz CT molecular complexity index is 228. The summed E-state index contributed by atoms with van der Waals surface area (Å²) in [5, 5.41) is 12.0. The molecule has 2 rings (SSSR count). The number of nitrogens with zero attached hydrogens (tertiary/aromatic N) is 2. The van der Waals surface area contributed by atoms with Gasteiger partial charge in [0.05, 0.1) is 0 Å². The minimum atomic E-state index is -0.788. The van der Waals surface area contributed by atoms with Crippen LogP contribution < -0.4 is 5.32 Å². The molecule has 2 heterocycles. The van der Waals surface area contributed by atoms with Gasteiger partial charge in [-0.2, -0.15) is 0 Å². The van der Waals surface area contributed by atoms with Gasteiger partial charge in [0, 0.05) is 44.8 Å². The first kappa shape index (κ1) is 9.73. The second-order valence-electron chi connectivity index (χ2n) is 4.13. The van der Waals surface area contributed by atoms with Crippen LogP contribution in [0.25, 0.3) is 0 Å². The standard InChI is InChI=1S/C9H17N3O2/c1-7-4-10-2-3-12(7)8-5-11(6-8)9(13)14/h7-8,10H,2-6H2,1H3,(H,13,14)/t7-/m0/s1. The summed E-state index contributed by atoms with van der Waals surface area (Å²) in [6.45, 7) is 6.63. The van der Waals surface area contributed by atoms with Crippen LogP contribution in [0.4, 0.5) is 4.79 Å². The van der Waals surface area contributed by atoms with Gasteiger partial charge < -0.3 is 15.3 Å². The first-order chi connectivity index (χ1) is 6.68. The summed E-state index contributed by atoms with van der Waals surface area (Å²) < 4.78 is 0. The zero-order valence-corrected chi connectivity index (χ0v) is 8.44. The third kappa shape index (κ3) is 1.69. The van der Waals surface area contributed by atoms with Crippen molar-refractivity contribution < 1.29 is 9.90 Å². The minimum absolute atomic E-state index is 0.447. The van der Waals surface area contributed by atoms with Gasteiger partial charge in [-0.3, -0.25) is 4.90 Å². The van der Waals surface area contributed by atoms with E-state index in [1.54, 1.807) is 0 Å². The number of likely N-dealkylation sites (tertiary alicyclic amines) is 1. The summed E-state index contributed by atoms with van der Waals surface area (Å²) in [4.78, 5) is 14.5. The Kier molecular flexibility index (Phi) is 2.60. The smallest absolute Gasteiger partial charge is 0.407 e. The monoisotopic (exact) mass is 199 g/mol. The van der Waals surface area contributed by atoms with Gasteiger partial charge in [-0.1, -0.05) is 0 Å². The normalized spacial score (nSPS) is 30.1. The van der Waals surface area contributed by atoms with E-state index in [0.717, 1.165) is 19.6 Å². The van der Waals surface area contributed by atoms with Gasteiger partial charge in [0.25, 0.3) is 0 Å². The zero-order valence-electron chi connectivity index (χ0n) is 8.44. The van der Waals surface area contributed by atoms with E-state index in [1.807, 2.05) is 0 Å². The topological polar surface area (TPSA) is 55.8 Å². The molecule has 5 nitrogen and oxygen atoms in total.